The SMILES string of the molecule is NC(=O)Cc1ccc(Oc2ccc(CC3SC(=O)NC3=O)cc2)cc1. The molecule has 0 spiro atoms. The maximum Gasteiger partial charge on any atom is 0.286 e. The number of nitrogens with one attached hydrogen (secondary N) is 1. The smallest absolute Gasteiger partial charge is 0.286 e. The quantitative estimate of drug-likeness (QED) is 0.828. The number of carbonyl (C=O) groups excluding carboxylic acids is 3. The molecule has 0 aromatic heterocycles. The van der Waals surface area contributed by atoms with Crippen molar-refractivity contribution in [3.05, 3.63) is 59.7 Å². The second-order valence-corrected chi connectivity index (χ2v) is 6.80. The Labute approximate surface area is 148 Å². The van der Waals surface area contributed by atoms with Crippen LogP contribution >= 0.6 is 11.8 Å². The normalized spacial score (nSPS) is 16.6. The summed E-state index contributed by atoms with van der Waals surface area (Å²) in [6.07, 6.45) is 0.689. The van der Waals surface area contributed by atoms with E-state index >= 15 is 0 Å². The van der Waals surface area contributed by atoms with Crippen molar-refractivity contribution in [2.24, 2.45) is 5.73 Å². The molecule has 1 aliphatic rings. The fraction of sp³-hybridized carbons (Fsp3) is 0.167. The summed E-state index contributed by atoms with van der Waals surface area (Å²) in [5.74, 6) is 0.690. The number of primary amides is 1. The lowest BCUT2D eigenvalue weighted by atomic mass is 10.1. The Morgan fingerprint density at radius 3 is 2.04 bits per heavy atom. The van der Waals surface area contributed by atoms with Crippen LogP contribution in [0.2, 0.25) is 0 Å². The first-order valence-electron chi connectivity index (χ1n) is 7.65. The van der Waals surface area contributed by atoms with E-state index in [4.69, 9.17) is 10.5 Å². The van der Waals surface area contributed by atoms with Crippen LogP contribution in [0.3, 0.4) is 0 Å². The number of hydrogen-bond donors (Lipinski definition) is 2. The Kier molecular flexibility index (Phi) is 5.04. The van der Waals surface area contributed by atoms with E-state index in [1.54, 1.807) is 24.3 Å². The Morgan fingerprint density at radius 1 is 1.00 bits per heavy atom. The van der Waals surface area contributed by atoms with Gasteiger partial charge in [-0.15, -0.1) is 0 Å². The average Bonchev–Trinajstić information content (AvgIpc) is 2.88. The van der Waals surface area contributed by atoms with Crippen LogP contribution in [0, 0.1) is 0 Å². The third-order valence-corrected chi connectivity index (χ3v) is 4.63. The number of hydrogen-bond acceptors (Lipinski definition) is 5. The van der Waals surface area contributed by atoms with Crippen LogP contribution in [-0.2, 0) is 22.4 Å². The fourth-order valence-electron chi connectivity index (χ4n) is 2.45. The molecule has 1 heterocycles. The van der Waals surface area contributed by atoms with Crippen LogP contribution in [0.4, 0.5) is 4.79 Å². The van der Waals surface area contributed by atoms with Crippen LogP contribution in [0.25, 0.3) is 0 Å². The molecule has 2 aromatic carbocycles. The Bertz CT molecular complexity index is 803. The highest BCUT2D eigenvalue weighted by Gasteiger charge is 2.31. The molecule has 1 atom stereocenters. The second kappa shape index (κ2) is 7.40. The molecule has 1 saturated heterocycles. The summed E-state index contributed by atoms with van der Waals surface area (Å²) < 4.78 is 5.75. The van der Waals surface area contributed by atoms with E-state index in [2.05, 4.69) is 5.32 Å². The second-order valence-electron chi connectivity index (χ2n) is 5.62. The number of benzene rings is 2. The van der Waals surface area contributed by atoms with Crippen LogP contribution < -0.4 is 15.8 Å². The maximum absolute atomic E-state index is 11.6. The van der Waals surface area contributed by atoms with Crippen molar-refractivity contribution < 1.29 is 19.1 Å². The van der Waals surface area contributed by atoms with Gasteiger partial charge in [0.05, 0.1) is 11.7 Å². The summed E-state index contributed by atoms with van der Waals surface area (Å²) in [5, 5.41) is 1.60. The number of rotatable bonds is 6. The molecule has 0 saturated carbocycles. The molecular formula is C18H16N2O4S. The molecule has 7 heteroatoms. The monoisotopic (exact) mass is 356 g/mol. The zero-order valence-corrected chi connectivity index (χ0v) is 14.0. The third-order valence-electron chi connectivity index (χ3n) is 3.65. The zero-order chi connectivity index (χ0) is 17.8. The van der Waals surface area contributed by atoms with Gasteiger partial charge < -0.3 is 10.5 Å². The van der Waals surface area contributed by atoms with Gasteiger partial charge in [-0.1, -0.05) is 36.0 Å². The number of amides is 3. The van der Waals surface area contributed by atoms with Gasteiger partial charge in [0, 0.05) is 0 Å². The predicted octanol–water partition coefficient (Wildman–Crippen LogP) is 2.40. The highest BCUT2D eigenvalue weighted by molar-refractivity contribution is 8.15. The Hall–Kier alpha value is -2.80. The number of ether oxygens (including phenoxy) is 1. The lowest BCUT2D eigenvalue weighted by Crippen LogP contribution is -2.25. The average molecular weight is 356 g/mol. The minimum Gasteiger partial charge on any atom is -0.457 e. The lowest BCUT2D eigenvalue weighted by Gasteiger charge is -2.09. The van der Waals surface area contributed by atoms with Gasteiger partial charge in [0.1, 0.15) is 11.5 Å². The number of nitrogens with two attached hydrogens (primary N) is 1. The zero-order valence-electron chi connectivity index (χ0n) is 13.2. The van der Waals surface area contributed by atoms with Gasteiger partial charge in [0.25, 0.3) is 5.24 Å². The molecule has 3 amide bonds. The minimum absolute atomic E-state index is 0.199. The number of thioether (sulfide) groups is 1. The van der Waals surface area contributed by atoms with E-state index < -0.39 is 0 Å². The first kappa shape index (κ1) is 17.0. The Balaban J connectivity index is 1.60. The summed E-state index contributed by atoms with van der Waals surface area (Å²) in [7, 11) is 0. The molecule has 6 nitrogen and oxygen atoms in total. The van der Waals surface area contributed by atoms with Crippen LogP contribution in [0.5, 0.6) is 11.5 Å². The van der Waals surface area contributed by atoms with Crippen LogP contribution in [0.15, 0.2) is 48.5 Å². The van der Waals surface area contributed by atoms with E-state index in [9.17, 15) is 14.4 Å². The molecule has 1 unspecified atom stereocenters. The van der Waals surface area contributed by atoms with E-state index in [0.29, 0.717) is 17.9 Å². The van der Waals surface area contributed by atoms with Gasteiger partial charge in [0.15, 0.2) is 0 Å². The molecule has 128 valence electrons. The van der Waals surface area contributed by atoms with E-state index in [1.165, 1.54) is 0 Å². The van der Waals surface area contributed by atoms with Gasteiger partial charge in [-0.25, -0.2) is 0 Å². The summed E-state index contributed by atoms with van der Waals surface area (Å²) in [6, 6.07) is 14.5. The molecule has 3 rings (SSSR count). The van der Waals surface area contributed by atoms with Crippen molar-refractivity contribution in [2.75, 3.05) is 0 Å². The molecule has 0 radical (unpaired) electrons. The van der Waals surface area contributed by atoms with E-state index in [1.807, 2.05) is 24.3 Å². The van der Waals surface area contributed by atoms with Crippen LogP contribution in [0.1, 0.15) is 11.1 Å². The highest BCUT2D eigenvalue weighted by atomic mass is 32.2. The first-order chi connectivity index (χ1) is 12.0. The van der Waals surface area contributed by atoms with Gasteiger partial charge in [-0.2, -0.15) is 0 Å². The third kappa shape index (κ3) is 4.60. The van der Waals surface area contributed by atoms with Crippen molar-refractivity contribution >= 4 is 28.8 Å². The van der Waals surface area contributed by atoms with Crippen molar-refractivity contribution in [1.82, 2.24) is 5.32 Å². The largest absolute Gasteiger partial charge is 0.457 e. The molecule has 0 aliphatic carbocycles. The first-order valence-corrected chi connectivity index (χ1v) is 8.53. The van der Waals surface area contributed by atoms with Crippen LogP contribution in [-0.4, -0.2) is 22.3 Å². The van der Waals surface area contributed by atoms with Gasteiger partial charge in [0.2, 0.25) is 11.8 Å². The molecule has 1 aliphatic heterocycles. The summed E-state index contributed by atoms with van der Waals surface area (Å²) >= 11 is 1.02. The standard InChI is InChI=1S/C18H16N2O4S/c19-16(21)10-12-3-7-14(8-4-12)24-13-5-1-11(2-6-13)9-15-17(22)20-18(23)25-15/h1-8,15H,9-10H2,(H2,19,21)(H,20,22,23). The van der Waals surface area contributed by atoms with Crippen molar-refractivity contribution in [3.8, 4) is 11.5 Å². The Morgan fingerprint density at radius 2 is 1.56 bits per heavy atom. The number of imide groups is 1. The molecular weight excluding hydrogens is 340 g/mol. The summed E-state index contributed by atoms with van der Waals surface area (Å²) in [6.45, 7) is 0. The summed E-state index contributed by atoms with van der Waals surface area (Å²) in [4.78, 5) is 33.6. The molecule has 25 heavy (non-hydrogen) atoms. The maximum atomic E-state index is 11.6. The van der Waals surface area contributed by atoms with Crippen molar-refractivity contribution in [2.45, 2.75) is 18.1 Å². The minimum atomic E-state index is -0.378. The highest BCUT2D eigenvalue weighted by Crippen LogP contribution is 2.26. The van der Waals surface area contributed by atoms with Gasteiger partial charge in [-0.05, 0) is 41.8 Å². The van der Waals surface area contributed by atoms with Gasteiger partial charge >= 0.3 is 0 Å². The van der Waals surface area contributed by atoms with E-state index in [0.717, 1.165) is 22.9 Å². The molecule has 2 aromatic rings. The van der Waals surface area contributed by atoms with Crippen molar-refractivity contribution in [3.63, 3.8) is 0 Å². The summed E-state index contributed by atoms with van der Waals surface area (Å²) in [5.41, 5.74) is 6.94. The predicted molar refractivity (Wildman–Crippen MR) is 94.5 cm³/mol. The fourth-order valence-corrected chi connectivity index (χ4v) is 3.31. The van der Waals surface area contributed by atoms with E-state index in [-0.39, 0.29) is 28.7 Å². The molecule has 3 N–H and O–H groups in total. The lowest BCUT2D eigenvalue weighted by molar-refractivity contribution is -0.119. The molecule has 0 bridgehead atoms. The molecule has 1 fully saturated rings. The van der Waals surface area contributed by atoms with Gasteiger partial charge in [-0.3, -0.25) is 19.7 Å². The van der Waals surface area contributed by atoms with Crippen molar-refractivity contribution in [1.29, 1.82) is 0 Å². The number of carbonyl (C=O) groups is 3. The topological polar surface area (TPSA) is 98.5 Å².